The number of rotatable bonds is 5. The van der Waals surface area contributed by atoms with Gasteiger partial charge in [-0.2, -0.15) is 0 Å². The van der Waals surface area contributed by atoms with Crippen LogP contribution in [-0.4, -0.2) is 16.6 Å². The Hall–Kier alpha value is -1.33. The molecule has 2 rings (SSSR count). The molecule has 0 aliphatic rings. The van der Waals surface area contributed by atoms with Crippen LogP contribution in [0.5, 0.6) is 0 Å². The predicted molar refractivity (Wildman–Crippen MR) is 75.9 cm³/mol. The lowest BCUT2D eigenvalue weighted by Gasteiger charge is -2.16. The molecule has 1 atom stereocenters. The van der Waals surface area contributed by atoms with Crippen molar-refractivity contribution in [2.24, 2.45) is 0 Å². The Morgan fingerprint density at radius 1 is 1.37 bits per heavy atom. The number of hydrogen-bond acceptors (Lipinski definition) is 4. The van der Waals surface area contributed by atoms with Crippen molar-refractivity contribution in [2.75, 3.05) is 7.05 Å². The molecule has 0 aliphatic carbocycles. The first kappa shape index (κ1) is 14.1. The predicted octanol–water partition coefficient (Wildman–Crippen LogP) is 3.30. The van der Waals surface area contributed by atoms with Gasteiger partial charge in [-0.25, -0.2) is 4.39 Å². The Balaban J connectivity index is 2.23. The van der Waals surface area contributed by atoms with E-state index < -0.39 is 0 Å². The second-order valence-corrected chi connectivity index (χ2v) is 5.64. The summed E-state index contributed by atoms with van der Waals surface area (Å²) in [5.74, 6) is 0.149. The van der Waals surface area contributed by atoms with E-state index >= 15 is 0 Å². The average molecular weight is 279 g/mol. The standard InChI is InChI=1S/C14H18FN3S/c1-9(2)13-14(19-18-17-13)12(16-3)8-10-5-4-6-11(15)7-10/h4-7,9,12,16H,8H2,1-3H3. The van der Waals surface area contributed by atoms with Crippen LogP contribution in [0.15, 0.2) is 24.3 Å². The van der Waals surface area contributed by atoms with Gasteiger partial charge in [0.15, 0.2) is 0 Å². The molecule has 0 saturated carbocycles. The van der Waals surface area contributed by atoms with E-state index in [0.717, 1.165) is 22.6 Å². The molecular weight excluding hydrogens is 261 g/mol. The second-order valence-electron chi connectivity index (χ2n) is 4.85. The summed E-state index contributed by atoms with van der Waals surface area (Å²) in [4.78, 5) is 1.14. The van der Waals surface area contributed by atoms with Crippen LogP contribution in [0, 0.1) is 5.82 Å². The molecule has 0 fully saturated rings. The Bertz CT molecular complexity index is 539. The highest BCUT2D eigenvalue weighted by molar-refractivity contribution is 7.05. The molecule has 0 spiro atoms. The first-order chi connectivity index (χ1) is 9.11. The number of likely N-dealkylation sites (N-methyl/N-ethyl adjacent to an activating group) is 1. The highest BCUT2D eigenvalue weighted by atomic mass is 32.1. The van der Waals surface area contributed by atoms with E-state index in [1.54, 1.807) is 12.1 Å². The third-order valence-electron chi connectivity index (χ3n) is 3.08. The van der Waals surface area contributed by atoms with Gasteiger partial charge in [0.2, 0.25) is 0 Å². The van der Waals surface area contributed by atoms with Crippen LogP contribution in [0.1, 0.15) is 41.9 Å². The molecule has 1 aromatic carbocycles. The summed E-state index contributed by atoms with van der Waals surface area (Å²) in [6, 6.07) is 6.85. The largest absolute Gasteiger partial charge is 0.312 e. The Labute approximate surface area is 117 Å². The molecular formula is C14H18FN3S. The van der Waals surface area contributed by atoms with Gasteiger partial charge in [-0.15, -0.1) is 5.10 Å². The molecule has 2 aromatic rings. The van der Waals surface area contributed by atoms with Crippen LogP contribution in [0.3, 0.4) is 0 Å². The van der Waals surface area contributed by atoms with Gasteiger partial charge < -0.3 is 5.32 Å². The lowest BCUT2D eigenvalue weighted by molar-refractivity contribution is 0.582. The molecule has 3 nitrogen and oxygen atoms in total. The van der Waals surface area contributed by atoms with Crippen molar-refractivity contribution in [1.29, 1.82) is 0 Å². The number of aromatic nitrogens is 2. The highest BCUT2D eigenvalue weighted by Crippen LogP contribution is 2.28. The topological polar surface area (TPSA) is 37.8 Å². The zero-order chi connectivity index (χ0) is 13.8. The second kappa shape index (κ2) is 6.21. The van der Waals surface area contributed by atoms with Crippen molar-refractivity contribution in [3.05, 3.63) is 46.2 Å². The molecule has 5 heteroatoms. The molecule has 0 radical (unpaired) electrons. The number of benzene rings is 1. The van der Waals surface area contributed by atoms with Crippen molar-refractivity contribution in [1.82, 2.24) is 14.9 Å². The van der Waals surface area contributed by atoms with Gasteiger partial charge >= 0.3 is 0 Å². The van der Waals surface area contributed by atoms with E-state index in [0.29, 0.717) is 5.92 Å². The molecule has 0 amide bonds. The first-order valence-electron chi connectivity index (χ1n) is 6.35. The van der Waals surface area contributed by atoms with Crippen molar-refractivity contribution in [3.8, 4) is 0 Å². The molecule has 1 heterocycles. The smallest absolute Gasteiger partial charge is 0.123 e. The number of hydrogen-bond donors (Lipinski definition) is 1. The Morgan fingerprint density at radius 2 is 2.16 bits per heavy atom. The fraction of sp³-hybridized carbons (Fsp3) is 0.429. The van der Waals surface area contributed by atoms with Crippen molar-refractivity contribution in [2.45, 2.75) is 32.2 Å². The van der Waals surface area contributed by atoms with E-state index in [4.69, 9.17) is 0 Å². The minimum Gasteiger partial charge on any atom is -0.312 e. The lowest BCUT2D eigenvalue weighted by atomic mass is 10.0. The summed E-state index contributed by atoms with van der Waals surface area (Å²) in [7, 11) is 1.91. The fourth-order valence-electron chi connectivity index (χ4n) is 2.07. The van der Waals surface area contributed by atoms with Gasteiger partial charge in [-0.1, -0.05) is 30.5 Å². The monoisotopic (exact) mass is 279 g/mol. The maximum atomic E-state index is 13.2. The Morgan fingerprint density at radius 3 is 2.79 bits per heavy atom. The maximum absolute atomic E-state index is 13.2. The van der Waals surface area contributed by atoms with Crippen LogP contribution < -0.4 is 5.32 Å². The Kier molecular flexibility index (Phi) is 4.61. The molecule has 1 N–H and O–H groups in total. The number of halogens is 1. The summed E-state index contributed by atoms with van der Waals surface area (Å²) in [5.41, 5.74) is 2.00. The van der Waals surface area contributed by atoms with E-state index in [9.17, 15) is 4.39 Å². The maximum Gasteiger partial charge on any atom is 0.123 e. The number of nitrogens with one attached hydrogen (secondary N) is 1. The van der Waals surface area contributed by atoms with Crippen LogP contribution in [0.4, 0.5) is 4.39 Å². The minimum atomic E-state index is -0.195. The third kappa shape index (κ3) is 3.36. The molecule has 0 aliphatic heterocycles. The molecule has 19 heavy (non-hydrogen) atoms. The van der Waals surface area contributed by atoms with Crippen LogP contribution >= 0.6 is 11.5 Å². The van der Waals surface area contributed by atoms with E-state index in [2.05, 4.69) is 28.8 Å². The lowest BCUT2D eigenvalue weighted by Crippen LogP contribution is -2.19. The van der Waals surface area contributed by atoms with Gasteiger partial charge in [-0.05, 0) is 48.6 Å². The quantitative estimate of drug-likeness (QED) is 0.912. The molecule has 0 saturated heterocycles. The molecule has 0 bridgehead atoms. The molecule has 1 aromatic heterocycles. The van der Waals surface area contributed by atoms with E-state index in [-0.39, 0.29) is 11.9 Å². The SMILES string of the molecule is CNC(Cc1cccc(F)c1)c1snnc1C(C)C. The normalized spacial score (nSPS) is 12.9. The van der Waals surface area contributed by atoms with Crippen LogP contribution in [-0.2, 0) is 6.42 Å². The van der Waals surface area contributed by atoms with Gasteiger partial charge in [-0.3, -0.25) is 0 Å². The van der Waals surface area contributed by atoms with Gasteiger partial charge in [0.05, 0.1) is 10.6 Å². The summed E-state index contributed by atoms with van der Waals surface area (Å²) in [6.45, 7) is 4.21. The summed E-state index contributed by atoms with van der Waals surface area (Å²) >= 11 is 1.42. The highest BCUT2D eigenvalue weighted by Gasteiger charge is 2.20. The van der Waals surface area contributed by atoms with Crippen molar-refractivity contribution >= 4 is 11.5 Å². The zero-order valence-electron chi connectivity index (χ0n) is 11.4. The fourth-order valence-corrected chi connectivity index (χ4v) is 2.99. The van der Waals surface area contributed by atoms with Crippen LogP contribution in [0.2, 0.25) is 0 Å². The van der Waals surface area contributed by atoms with Gasteiger partial charge in [0.1, 0.15) is 5.82 Å². The first-order valence-corrected chi connectivity index (χ1v) is 7.13. The number of nitrogens with zero attached hydrogens (tertiary/aromatic N) is 2. The van der Waals surface area contributed by atoms with Gasteiger partial charge in [0.25, 0.3) is 0 Å². The average Bonchev–Trinajstić information content (AvgIpc) is 2.85. The van der Waals surface area contributed by atoms with E-state index in [1.165, 1.54) is 17.6 Å². The summed E-state index contributed by atoms with van der Waals surface area (Å²) < 4.78 is 17.3. The summed E-state index contributed by atoms with van der Waals surface area (Å²) in [5, 5.41) is 7.47. The zero-order valence-corrected chi connectivity index (χ0v) is 12.2. The van der Waals surface area contributed by atoms with Crippen molar-refractivity contribution < 1.29 is 4.39 Å². The minimum absolute atomic E-state index is 0.124. The third-order valence-corrected chi connectivity index (χ3v) is 3.93. The molecule has 1 unspecified atom stereocenters. The van der Waals surface area contributed by atoms with Crippen molar-refractivity contribution in [3.63, 3.8) is 0 Å². The summed E-state index contributed by atoms with van der Waals surface area (Å²) in [6.07, 6.45) is 0.734. The molecule has 102 valence electrons. The van der Waals surface area contributed by atoms with Crippen LogP contribution in [0.25, 0.3) is 0 Å². The van der Waals surface area contributed by atoms with E-state index in [1.807, 2.05) is 13.1 Å². The van der Waals surface area contributed by atoms with Gasteiger partial charge in [0, 0.05) is 6.04 Å².